The van der Waals surface area contributed by atoms with E-state index in [1.807, 2.05) is 0 Å². The van der Waals surface area contributed by atoms with Crippen LogP contribution in [0.4, 0.5) is 13.2 Å². The van der Waals surface area contributed by atoms with Crippen molar-refractivity contribution in [2.24, 2.45) is 0 Å². The first-order chi connectivity index (χ1) is 7.92. The van der Waals surface area contributed by atoms with Crippen LogP contribution in [-0.4, -0.2) is 15.7 Å². The lowest BCUT2D eigenvalue weighted by Crippen LogP contribution is -2.19. The van der Waals surface area contributed by atoms with Gasteiger partial charge in [0.05, 0.1) is 21.9 Å². The van der Waals surface area contributed by atoms with Crippen LogP contribution in [0.15, 0.2) is 18.2 Å². The molecule has 0 saturated heterocycles. The van der Waals surface area contributed by atoms with Gasteiger partial charge in [0.15, 0.2) is 0 Å². The summed E-state index contributed by atoms with van der Waals surface area (Å²) in [6.45, 7) is -1.14. The number of alkyl halides is 4. The molecule has 17 heavy (non-hydrogen) atoms. The molecule has 0 spiro atoms. The predicted octanol–water partition coefficient (Wildman–Crippen LogP) is 3.99. The predicted molar refractivity (Wildman–Crippen MR) is 60.4 cm³/mol. The van der Waals surface area contributed by atoms with Gasteiger partial charge in [0.2, 0.25) is 0 Å². The highest BCUT2D eigenvalue weighted by Crippen LogP contribution is 2.28. The zero-order chi connectivity index (χ0) is 12.6. The van der Waals surface area contributed by atoms with Crippen molar-refractivity contribution < 1.29 is 13.2 Å². The van der Waals surface area contributed by atoms with Gasteiger partial charge in [-0.2, -0.15) is 13.2 Å². The van der Waals surface area contributed by atoms with Crippen molar-refractivity contribution in [1.29, 1.82) is 0 Å². The smallest absolute Gasteiger partial charge is 0.317 e. The quantitative estimate of drug-likeness (QED) is 0.762. The van der Waals surface area contributed by atoms with E-state index in [1.54, 1.807) is 12.1 Å². The minimum Gasteiger partial charge on any atom is -0.317 e. The number of aromatic nitrogens is 2. The number of para-hydroxylation sites is 1. The van der Waals surface area contributed by atoms with E-state index in [9.17, 15) is 13.2 Å². The summed E-state index contributed by atoms with van der Waals surface area (Å²) in [6.07, 6.45) is -4.34. The number of hydrogen-bond acceptors (Lipinski definition) is 1. The number of halogens is 5. The van der Waals surface area contributed by atoms with Crippen LogP contribution in [0.2, 0.25) is 5.02 Å². The first-order valence-electron chi connectivity index (χ1n) is 4.68. The third kappa shape index (κ3) is 2.50. The maximum Gasteiger partial charge on any atom is 0.406 e. The molecule has 1 aromatic heterocycles. The molecule has 0 unspecified atom stereocenters. The summed E-state index contributed by atoms with van der Waals surface area (Å²) in [6, 6.07) is 4.76. The van der Waals surface area contributed by atoms with E-state index in [0.29, 0.717) is 5.52 Å². The maximum atomic E-state index is 12.5. The number of hydrogen-bond donors (Lipinski definition) is 0. The number of benzene rings is 1. The summed E-state index contributed by atoms with van der Waals surface area (Å²) in [5.74, 6) is 0.0632. The second kappa shape index (κ2) is 4.38. The molecule has 0 fully saturated rings. The Labute approximate surface area is 105 Å². The van der Waals surface area contributed by atoms with Crippen LogP contribution < -0.4 is 0 Å². The Hall–Kier alpha value is -0.940. The van der Waals surface area contributed by atoms with E-state index in [1.165, 1.54) is 6.07 Å². The third-order valence-electron chi connectivity index (χ3n) is 2.25. The lowest BCUT2D eigenvalue weighted by molar-refractivity contribution is -0.140. The van der Waals surface area contributed by atoms with Crippen LogP contribution in [0, 0.1) is 0 Å². The largest absolute Gasteiger partial charge is 0.406 e. The molecule has 1 heterocycles. The van der Waals surface area contributed by atoms with Gasteiger partial charge in [-0.15, -0.1) is 11.6 Å². The molecule has 2 nitrogen and oxygen atoms in total. The highest BCUT2D eigenvalue weighted by molar-refractivity contribution is 6.35. The lowest BCUT2D eigenvalue weighted by Gasteiger charge is -2.11. The molecular formula is C10H7Cl2F3N2. The number of fused-ring (bicyclic) bond motifs is 1. The fourth-order valence-corrected chi connectivity index (χ4v) is 2.12. The Bertz CT molecular complexity index is 548. The average molecular weight is 283 g/mol. The third-order valence-corrected chi connectivity index (χ3v) is 2.80. The molecule has 0 aliphatic rings. The Morgan fingerprint density at radius 2 is 2.00 bits per heavy atom. The zero-order valence-electron chi connectivity index (χ0n) is 8.43. The highest BCUT2D eigenvalue weighted by atomic mass is 35.5. The number of imidazole rings is 1. The SMILES string of the molecule is FC(F)(F)Cn1c(CCl)nc2cccc(Cl)c21. The van der Waals surface area contributed by atoms with E-state index in [-0.39, 0.29) is 22.2 Å². The first kappa shape index (κ1) is 12.5. The Balaban J connectivity index is 2.65. The van der Waals surface area contributed by atoms with Crippen molar-refractivity contribution in [3.05, 3.63) is 29.0 Å². The van der Waals surface area contributed by atoms with Gasteiger partial charge in [0.1, 0.15) is 12.4 Å². The van der Waals surface area contributed by atoms with Crippen molar-refractivity contribution in [1.82, 2.24) is 9.55 Å². The fraction of sp³-hybridized carbons (Fsp3) is 0.300. The molecule has 2 rings (SSSR count). The minimum atomic E-state index is -4.34. The minimum absolute atomic E-state index is 0.0961. The molecule has 0 saturated carbocycles. The van der Waals surface area contributed by atoms with E-state index in [4.69, 9.17) is 23.2 Å². The van der Waals surface area contributed by atoms with Crippen LogP contribution in [0.25, 0.3) is 11.0 Å². The van der Waals surface area contributed by atoms with Gasteiger partial charge >= 0.3 is 6.18 Å². The average Bonchev–Trinajstić information content (AvgIpc) is 2.55. The number of nitrogens with zero attached hydrogens (tertiary/aromatic N) is 2. The zero-order valence-corrected chi connectivity index (χ0v) is 9.94. The van der Waals surface area contributed by atoms with Gasteiger partial charge in [-0.3, -0.25) is 0 Å². The van der Waals surface area contributed by atoms with Crippen LogP contribution in [0.1, 0.15) is 5.82 Å². The van der Waals surface area contributed by atoms with Crippen molar-refractivity contribution in [2.75, 3.05) is 0 Å². The van der Waals surface area contributed by atoms with Gasteiger partial charge in [0.25, 0.3) is 0 Å². The van der Waals surface area contributed by atoms with E-state index >= 15 is 0 Å². The highest BCUT2D eigenvalue weighted by Gasteiger charge is 2.30. The standard InChI is InChI=1S/C10H7Cl2F3N2/c11-4-8-16-7-3-1-2-6(12)9(7)17(8)5-10(13,14)15/h1-3H,4-5H2. The summed E-state index contributed by atoms with van der Waals surface area (Å²) < 4.78 is 38.4. The van der Waals surface area contributed by atoms with Crippen LogP contribution in [-0.2, 0) is 12.4 Å². The number of rotatable bonds is 2. The fourth-order valence-electron chi connectivity index (χ4n) is 1.64. The second-order valence-electron chi connectivity index (χ2n) is 3.47. The molecule has 0 atom stereocenters. The first-order valence-corrected chi connectivity index (χ1v) is 5.60. The molecule has 7 heteroatoms. The van der Waals surface area contributed by atoms with Gasteiger partial charge in [-0.25, -0.2) is 4.98 Å². The monoisotopic (exact) mass is 282 g/mol. The van der Waals surface area contributed by atoms with E-state index < -0.39 is 12.7 Å². The maximum absolute atomic E-state index is 12.5. The molecule has 0 amide bonds. The molecule has 0 radical (unpaired) electrons. The van der Waals surface area contributed by atoms with Crippen LogP contribution in [0.5, 0.6) is 0 Å². The summed E-state index contributed by atoms with van der Waals surface area (Å²) in [4.78, 5) is 4.02. The van der Waals surface area contributed by atoms with E-state index in [0.717, 1.165) is 4.57 Å². The second-order valence-corrected chi connectivity index (χ2v) is 4.15. The Kier molecular flexibility index (Phi) is 3.23. The van der Waals surface area contributed by atoms with E-state index in [2.05, 4.69) is 4.98 Å². The molecule has 2 aromatic rings. The van der Waals surface area contributed by atoms with Gasteiger partial charge in [0, 0.05) is 0 Å². The molecule has 0 aliphatic carbocycles. The molecular weight excluding hydrogens is 276 g/mol. The Morgan fingerprint density at radius 3 is 2.59 bits per heavy atom. The van der Waals surface area contributed by atoms with Crippen LogP contribution >= 0.6 is 23.2 Å². The molecule has 1 aromatic carbocycles. The molecule has 92 valence electrons. The van der Waals surface area contributed by atoms with Crippen molar-refractivity contribution in [2.45, 2.75) is 18.6 Å². The summed E-state index contributed by atoms with van der Waals surface area (Å²) in [7, 11) is 0. The van der Waals surface area contributed by atoms with Crippen molar-refractivity contribution in [3.8, 4) is 0 Å². The molecule has 0 bridgehead atoms. The summed E-state index contributed by atoms with van der Waals surface area (Å²) in [5, 5.41) is 0.232. The summed E-state index contributed by atoms with van der Waals surface area (Å²) >= 11 is 11.5. The lowest BCUT2D eigenvalue weighted by atomic mass is 10.3. The van der Waals surface area contributed by atoms with Crippen molar-refractivity contribution in [3.63, 3.8) is 0 Å². The van der Waals surface area contributed by atoms with Gasteiger partial charge < -0.3 is 4.57 Å². The molecule has 0 N–H and O–H groups in total. The van der Waals surface area contributed by atoms with Gasteiger partial charge in [-0.05, 0) is 12.1 Å². The molecule has 0 aliphatic heterocycles. The van der Waals surface area contributed by atoms with Gasteiger partial charge in [-0.1, -0.05) is 17.7 Å². The van der Waals surface area contributed by atoms with Crippen LogP contribution in [0.3, 0.4) is 0 Å². The van der Waals surface area contributed by atoms with Crippen molar-refractivity contribution >= 4 is 34.2 Å². The Morgan fingerprint density at radius 1 is 1.29 bits per heavy atom. The normalized spacial score (nSPS) is 12.3. The topological polar surface area (TPSA) is 17.8 Å². The summed E-state index contributed by atoms with van der Waals surface area (Å²) in [5.41, 5.74) is 0.680.